The molecule has 0 amide bonds. The number of rotatable bonds is 6. The van der Waals surface area contributed by atoms with Crippen molar-refractivity contribution in [3.63, 3.8) is 0 Å². The van der Waals surface area contributed by atoms with E-state index in [0.717, 1.165) is 18.2 Å². The predicted molar refractivity (Wildman–Crippen MR) is 120 cm³/mol. The topological polar surface area (TPSA) is 94.0 Å². The Morgan fingerprint density at radius 1 is 1.09 bits per heavy atom. The highest BCUT2D eigenvalue weighted by atomic mass is 32.2. The van der Waals surface area contributed by atoms with Gasteiger partial charge in [0.15, 0.2) is 5.16 Å². The highest BCUT2D eigenvalue weighted by molar-refractivity contribution is 7.98. The Labute approximate surface area is 186 Å². The van der Waals surface area contributed by atoms with Gasteiger partial charge in [0.2, 0.25) is 10.0 Å². The van der Waals surface area contributed by atoms with Gasteiger partial charge in [0, 0.05) is 18.5 Å². The largest absolute Gasteiger partial charge is 0.284 e. The van der Waals surface area contributed by atoms with Crippen LogP contribution in [0, 0.1) is 11.6 Å². The number of nitrogens with zero attached hydrogens (tertiary/aromatic N) is 3. The third-order valence-electron chi connectivity index (χ3n) is 4.58. The van der Waals surface area contributed by atoms with E-state index in [-0.39, 0.29) is 16.8 Å². The molecule has 0 unspecified atom stereocenters. The quantitative estimate of drug-likeness (QED) is 0.338. The van der Waals surface area contributed by atoms with E-state index < -0.39 is 33.0 Å². The summed E-state index contributed by atoms with van der Waals surface area (Å²) in [5.41, 5.74) is 0.336. The van der Waals surface area contributed by atoms with Gasteiger partial charge in [0.05, 0.1) is 28.0 Å². The van der Waals surface area contributed by atoms with Crippen LogP contribution >= 0.6 is 11.8 Å². The van der Waals surface area contributed by atoms with E-state index in [0.29, 0.717) is 16.2 Å². The van der Waals surface area contributed by atoms with Crippen LogP contribution in [0.25, 0.3) is 16.6 Å². The number of anilines is 1. The van der Waals surface area contributed by atoms with Gasteiger partial charge >= 0.3 is 0 Å². The molecule has 0 atom stereocenters. The van der Waals surface area contributed by atoms with E-state index in [1.807, 2.05) is 6.26 Å². The number of halogens is 2. The van der Waals surface area contributed by atoms with Gasteiger partial charge in [-0.05, 0) is 42.2 Å². The van der Waals surface area contributed by atoms with Crippen LogP contribution in [0.4, 0.5) is 14.5 Å². The van der Waals surface area contributed by atoms with Crippen LogP contribution in [0.2, 0.25) is 0 Å². The number of thioether (sulfide) groups is 1. The van der Waals surface area contributed by atoms with Crippen molar-refractivity contribution in [3.05, 3.63) is 88.5 Å². The number of pyridine rings is 1. The predicted octanol–water partition coefficient (Wildman–Crippen LogP) is 3.72. The van der Waals surface area contributed by atoms with Gasteiger partial charge < -0.3 is 0 Å². The minimum absolute atomic E-state index is 0.213. The normalized spacial score (nSPS) is 11.6. The number of benzene rings is 2. The molecular formula is C21H16F2N4O3S2. The summed E-state index contributed by atoms with van der Waals surface area (Å²) in [5, 5.41) is 0.799. The van der Waals surface area contributed by atoms with Crippen molar-refractivity contribution >= 4 is 38.4 Å². The zero-order valence-corrected chi connectivity index (χ0v) is 18.3. The fraction of sp³-hybridized carbons (Fsp3) is 0.0952. The first kappa shape index (κ1) is 21.9. The lowest BCUT2D eigenvalue weighted by Gasteiger charge is -2.12. The van der Waals surface area contributed by atoms with Crippen molar-refractivity contribution in [2.75, 3.05) is 11.0 Å². The van der Waals surface area contributed by atoms with Crippen molar-refractivity contribution < 1.29 is 17.2 Å². The molecule has 0 saturated heterocycles. The summed E-state index contributed by atoms with van der Waals surface area (Å²) in [7, 11) is -3.94. The zero-order chi connectivity index (χ0) is 22.9. The van der Waals surface area contributed by atoms with E-state index in [4.69, 9.17) is 0 Å². The minimum Gasteiger partial charge on any atom is -0.284 e. The molecule has 4 aromatic rings. The van der Waals surface area contributed by atoms with E-state index in [1.54, 1.807) is 6.07 Å². The first-order chi connectivity index (χ1) is 15.3. The Morgan fingerprint density at radius 3 is 2.53 bits per heavy atom. The first-order valence-corrected chi connectivity index (χ1v) is 12.1. The molecule has 11 heteroatoms. The maximum absolute atomic E-state index is 14.7. The van der Waals surface area contributed by atoms with Gasteiger partial charge in [-0.2, -0.15) is 0 Å². The number of nitrogens with one attached hydrogen (secondary N) is 1. The number of hydrogen-bond acceptors (Lipinski definition) is 6. The number of aromatic nitrogens is 3. The summed E-state index contributed by atoms with van der Waals surface area (Å²) in [6, 6.07) is 10.3. The third kappa shape index (κ3) is 4.63. The van der Waals surface area contributed by atoms with Crippen LogP contribution in [-0.4, -0.2) is 29.2 Å². The minimum atomic E-state index is -3.94. The number of fused-ring (bicyclic) bond motifs is 1. The second-order valence-corrected chi connectivity index (χ2v) is 9.29. The van der Waals surface area contributed by atoms with E-state index in [1.165, 1.54) is 53.0 Å². The van der Waals surface area contributed by atoms with Gasteiger partial charge in [-0.25, -0.2) is 27.2 Å². The number of sulfonamides is 1. The molecule has 164 valence electrons. The summed E-state index contributed by atoms with van der Waals surface area (Å²) >= 11 is 1.35. The molecule has 7 nitrogen and oxygen atoms in total. The fourth-order valence-corrected chi connectivity index (χ4v) is 4.61. The number of hydrogen-bond donors (Lipinski definition) is 1. The van der Waals surface area contributed by atoms with E-state index in [9.17, 15) is 22.0 Å². The van der Waals surface area contributed by atoms with Crippen molar-refractivity contribution in [1.29, 1.82) is 0 Å². The molecule has 0 bridgehead atoms. The molecule has 2 aromatic carbocycles. The van der Waals surface area contributed by atoms with Crippen LogP contribution in [0.15, 0.2) is 70.9 Å². The molecular weight excluding hydrogens is 458 g/mol. The van der Waals surface area contributed by atoms with Gasteiger partial charge in [-0.3, -0.25) is 14.1 Å². The molecule has 0 radical (unpaired) electrons. The molecule has 0 saturated carbocycles. The second kappa shape index (κ2) is 8.67. The molecule has 0 spiro atoms. The lowest BCUT2D eigenvalue weighted by Crippen LogP contribution is -2.19. The lowest BCUT2D eigenvalue weighted by atomic mass is 10.2. The standard InChI is InChI=1S/C21H16F2N4O3S2/c1-31-21-24-11-16-18(25-21)8-9-27(20(16)28)15-6-7-19(17(23)10-15)26-32(29,30)12-13-2-4-14(22)5-3-13/h2-11,26H,12H2,1H3. The molecule has 0 aliphatic heterocycles. The Balaban J connectivity index is 1.61. The molecule has 2 heterocycles. The molecule has 4 rings (SSSR count). The molecule has 1 N–H and O–H groups in total. The van der Waals surface area contributed by atoms with Crippen LogP contribution in [0.1, 0.15) is 5.56 Å². The average molecular weight is 475 g/mol. The van der Waals surface area contributed by atoms with Crippen LogP contribution in [-0.2, 0) is 15.8 Å². The molecule has 2 aromatic heterocycles. The van der Waals surface area contributed by atoms with Gasteiger partial charge in [-0.15, -0.1) is 0 Å². The van der Waals surface area contributed by atoms with Crippen molar-refractivity contribution in [1.82, 2.24) is 14.5 Å². The monoisotopic (exact) mass is 474 g/mol. The van der Waals surface area contributed by atoms with Gasteiger partial charge in [0.1, 0.15) is 11.6 Å². The Kier molecular flexibility index (Phi) is 5.94. The van der Waals surface area contributed by atoms with E-state index in [2.05, 4.69) is 14.7 Å². The summed E-state index contributed by atoms with van der Waals surface area (Å²) in [6.45, 7) is 0. The second-order valence-electron chi connectivity index (χ2n) is 6.80. The SMILES string of the molecule is CSc1ncc2c(=O)n(-c3ccc(NS(=O)(=O)Cc4ccc(F)cc4)c(F)c3)ccc2n1. The third-order valence-corrected chi connectivity index (χ3v) is 6.38. The highest BCUT2D eigenvalue weighted by Gasteiger charge is 2.16. The van der Waals surface area contributed by atoms with Crippen molar-refractivity contribution in [2.45, 2.75) is 10.9 Å². The maximum atomic E-state index is 14.7. The highest BCUT2D eigenvalue weighted by Crippen LogP contribution is 2.21. The molecule has 0 aliphatic carbocycles. The Bertz CT molecular complexity index is 1470. The first-order valence-electron chi connectivity index (χ1n) is 9.23. The van der Waals surface area contributed by atoms with Crippen LogP contribution in [0.5, 0.6) is 0 Å². The zero-order valence-electron chi connectivity index (χ0n) is 16.6. The van der Waals surface area contributed by atoms with Gasteiger partial charge in [0.25, 0.3) is 5.56 Å². The molecule has 0 aliphatic rings. The summed E-state index contributed by atoms with van der Waals surface area (Å²) in [6.07, 6.45) is 4.71. The smallest absolute Gasteiger partial charge is 0.266 e. The Hall–Kier alpha value is -3.31. The van der Waals surface area contributed by atoms with Crippen molar-refractivity contribution in [2.24, 2.45) is 0 Å². The molecule has 32 heavy (non-hydrogen) atoms. The van der Waals surface area contributed by atoms with Gasteiger partial charge in [-0.1, -0.05) is 23.9 Å². The Morgan fingerprint density at radius 2 is 1.84 bits per heavy atom. The van der Waals surface area contributed by atoms with Crippen LogP contribution < -0.4 is 10.3 Å². The lowest BCUT2D eigenvalue weighted by molar-refractivity contribution is 0.597. The van der Waals surface area contributed by atoms with E-state index >= 15 is 0 Å². The summed E-state index contributed by atoms with van der Waals surface area (Å²) in [5.74, 6) is -1.79. The van der Waals surface area contributed by atoms with Crippen LogP contribution in [0.3, 0.4) is 0 Å². The summed E-state index contributed by atoms with van der Waals surface area (Å²) < 4.78 is 55.8. The summed E-state index contributed by atoms with van der Waals surface area (Å²) in [4.78, 5) is 21.2. The average Bonchev–Trinajstić information content (AvgIpc) is 2.76. The van der Waals surface area contributed by atoms with Crippen molar-refractivity contribution in [3.8, 4) is 5.69 Å². The maximum Gasteiger partial charge on any atom is 0.266 e. The fourth-order valence-electron chi connectivity index (χ4n) is 3.05. The molecule has 0 fully saturated rings.